The Morgan fingerprint density at radius 3 is 2.50 bits per heavy atom. The van der Waals surface area contributed by atoms with E-state index in [2.05, 4.69) is 26.0 Å². The highest BCUT2D eigenvalue weighted by atomic mass is 14.3. The van der Waals surface area contributed by atoms with Crippen LogP contribution in [0.5, 0.6) is 0 Å². The van der Waals surface area contributed by atoms with E-state index in [-0.39, 0.29) is 0 Å². The number of rotatable bonds is 3. The van der Waals surface area contributed by atoms with Gasteiger partial charge in [-0.25, -0.2) is 0 Å². The van der Waals surface area contributed by atoms with Crippen molar-refractivity contribution < 1.29 is 0 Å². The molecule has 1 rings (SSSR count). The monoisotopic (exact) mass is 161 g/mol. The first kappa shape index (κ1) is 8.98. The number of aryl methyl sites for hydroxylation is 2. The summed E-state index contributed by atoms with van der Waals surface area (Å²) >= 11 is 0. The first-order chi connectivity index (χ1) is 5.81. The molecule has 0 aromatic heterocycles. The Balaban J connectivity index is 3.10. The maximum Gasteiger partial charge on any atom is 0.0253 e. The van der Waals surface area contributed by atoms with E-state index >= 15 is 0 Å². The van der Waals surface area contributed by atoms with Crippen LogP contribution in [0.2, 0.25) is 0 Å². The zero-order valence-electron chi connectivity index (χ0n) is 7.72. The van der Waals surface area contributed by atoms with Crippen LogP contribution in [0.4, 0.5) is 0 Å². The minimum Gasteiger partial charge on any atom is -0.308 e. The summed E-state index contributed by atoms with van der Waals surface area (Å²) in [5.74, 6) is 0. The zero-order valence-corrected chi connectivity index (χ0v) is 7.72. The minimum absolute atomic E-state index is 1.01. The van der Waals surface area contributed by atoms with Gasteiger partial charge in [0.05, 0.1) is 0 Å². The Kier molecular flexibility index (Phi) is 3.03. The van der Waals surface area contributed by atoms with Gasteiger partial charge in [-0.1, -0.05) is 32.0 Å². The molecule has 0 aliphatic heterocycles. The van der Waals surface area contributed by atoms with Crippen LogP contribution in [-0.4, -0.2) is 6.21 Å². The molecule has 64 valence electrons. The predicted molar refractivity (Wildman–Crippen MR) is 53.1 cm³/mol. The number of hydrogen-bond donors (Lipinski definition) is 1. The van der Waals surface area contributed by atoms with Crippen LogP contribution in [0, 0.1) is 5.41 Å². The van der Waals surface area contributed by atoms with Crippen molar-refractivity contribution >= 4 is 6.21 Å². The zero-order chi connectivity index (χ0) is 8.97. The average Bonchev–Trinajstić information content (AvgIpc) is 2.16. The first-order valence-corrected chi connectivity index (χ1v) is 4.44. The molecule has 0 amide bonds. The van der Waals surface area contributed by atoms with Crippen molar-refractivity contribution in [3.63, 3.8) is 0 Å². The van der Waals surface area contributed by atoms with Gasteiger partial charge < -0.3 is 5.41 Å². The fourth-order valence-electron chi connectivity index (χ4n) is 1.33. The Bertz CT molecular complexity index is 276. The summed E-state index contributed by atoms with van der Waals surface area (Å²) in [6, 6.07) is 6.32. The topological polar surface area (TPSA) is 23.9 Å². The van der Waals surface area contributed by atoms with Crippen LogP contribution < -0.4 is 0 Å². The molecule has 0 spiro atoms. The lowest BCUT2D eigenvalue weighted by Gasteiger charge is -2.04. The normalized spacial score (nSPS) is 9.83. The third kappa shape index (κ3) is 1.73. The van der Waals surface area contributed by atoms with Gasteiger partial charge in [-0.3, -0.25) is 0 Å². The standard InChI is InChI=1S/C11H15N/c1-3-9-5-6-11(8-12)10(4-2)7-9/h5-8,12H,3-4H2,1-2H3. The highest BCUT2D eigenvalue weighted by Gasteiger charge is 1.98. The number of hydrogen-bond acceptors (Lipinski definition) is 1. The molecule has 1 aromatic rings. The van der Waals surface area contributed by atoms with Crippen molar-refractivity contribution in [2.75, 3.05) is 0 Å². The van der Waals surface area contributed by atoms with E-state index in [1.807, 2.05) is 6.07 Å². The third-order valence-corrected chi connectivity index (χ3v) is 2.15. The van der Waals surface area contributed by atoms with Gasteiger partial charge in [0.1, 0.15) is 0 Å². The highest BCUT2D eigenvalue weighted by Crippen LogP contribution is 2.11. The lowest BCUT2D eigenvalue weighted by molar-refractivity contribution is 1.08. The van der Waals surface area contributed by atoms with E-state index in [1.54, 1.807) is 0 Å². The summed E-state index contributed by atoms with van der Waals surface area (Å²) in [5.41, 5.74) is 3.69. The molecule has 1 aromatic carbocycles. The van der Waals surface area contributed by atoms with Crippen LogP contribution in [0.3, 0.4) is 0 Å². The van der Waals surface area contributed by atoms with Gasteiger partial charge in [-0.05, 0) is 29.5 Å². The van der Waals surface area contributed by atoms with Crippen molar-refractivity contribution in [1.29, 1.82) is 5.41 Å². The van der Waals surface area contributed by atoms with Crippen molar-refractivity contribution in [2.24, 2.45) is 0 Å². The van der Waals surface area contributed by atoms with Crippen molar-refractivity contribution in [2.45, 2.75) is 26.7 Å². The third-order valence-electron chi connectivity index (χ3n) is 2.15. The fourth-order valence-corrected chi connectivity index (χ4v) is 1.33. The van der Waals surface area contributed by atoms with Gasteiger partial charge >= 0.3 is 0 Å². The lowest BCUT2D eigenvalue weighted by atomic mass is 10.0. The van der Waals surface area contributed by atoms with E-state index in [0.29, 0.717) is 0 Å². The summed E-state index contributed by atoms with van der Waals surface area (Å²) in [4.78, 5) is 0. The molecule has 0 unspecified atom stereocenters. The van der Waals surface area contributed by atoms with E-state index in [9.17, 15) is 0 Å². The summed E-state index contributed by atoms with van der Waals surface area (Å²) in [7, 11) is 0. The van der Waals surface area contributed by atoms with Crippen molar-refractivity contribution in [3.05, 3.63) is 34.9 Å². The van der Waals surface area contributed by atoms with Crippen LogP contribution in [0.1, 0.15) is 30.5 Å². The Morgan fingerprint density at radius 1 is 1.25 bits per heavy atom. The maximum absolute atomic E-state index is 7.19. The van der Waals surface area contributed by atoms with E-state index < -0.39 is 0 Å². The first-order valence-electron chi connectivity index (χ1n) is 4.44. The molecular weight excluding hydrogens is 146 g/mol. The second kappa shape index (κ2) is 4.05. The van der Waals surface area contributed by atoms with E-state index in [1.165, 1.54) is 17.3 Å². The number of nitrogens with one attached hydrogen (secondary N) is 1. The molecule has 1 heteroatoms. The molecule has 12 heavy (non-hydrogen) atoms. The lowest BCUT2D eigenvalue weighted by Crippen LogP contribution is -1.92. The van der Waals surface area contributed by atoms with Gasteiger partial charge in [0.15, 0.2) is 0 Å². The van der Waals surface area contributed by atoms with Gasteiger partial charge in [0.25, 0.3) is 0 Å². The fraction of sp³-hybridized carbons (Fsp3) is 0.364. The van der Waals surface area contributed by atoms with Crippen LogP contribution >= 0.6 is 0 Å². The van der Waals surface area contributed by atoms with E-state index in [4.69, 9.17) is 5.41 Å². The quantitative estimate of drug-likeness (QED) is 0.659. The molecule has 0 radical (unpaired) electrons. The summed E-state index contributed by atoms with van der Waals surface area (Å²) in [6.07, 6.45) is 3.52. The molecule has 1 N–H and O–H groups in total. The molecule has 0 saturated carbocycles. The number of benzene rings is 1. The maximum atomic E-state index is 7.19. The van der Waals surface area contributed by atoms with Gasteiger partial charge in [0.2, 0.25) is 0 Å². The summed E-state index contributed by atoms with van der Waals surface area (Å²) in [6.45, 7) is 4.28. The van der Waals surface area contributed by atoms with Crippen molar-refractivity contribution in [1.82, 2.24) is 0 Å². The minimum atomic E-state index is 1.01. The van der Waals surface area contributed by atoms with Crippen LogP contribution in [-0.2, 0) is 12.8 Å². The van der Waals surface area contributed by atoms with Crippen LogP contribution in [0.25, 0.3) is 0 Å². The molecule has 1 nitrogen and oxygen atoms in total. The molecule has 0 bridgehead atoms. The summed E-state index contributed by atoms with van der Waals surface area (Å²) < 4.78 is 0. The Morgan fingerprint density at radius 2 is 2.00 bits per heavy atom. The largest absolute Gasteiger partial charge is 0.308 e. The van der Waals surface area contributed by atoms with E-state index in [0.717, 1.165) is 18.4 Å². The SMILES string of the molecule is CCc1ccc(C=N)c(CC)c1. The molecule has 0 aliphatic rings. The molecule has 0 saturated heterocycles. The van der Waals surface area contributed by atoms with Crippen molar-refractivity contribution in [3.8, 4) is 0 Å². The molecular formula is C11H15N. The van der Waals surface area contributed by atoms with Gasteiger partial charge in [-0.15, -0.1) is 0 Å². The molecule has 0 heterocycles. The smallest absolute Gasteiger partial charge is 0.0253 e. The average molecular weight is 161 g/mol. The highest BCUT2D eigenvalue weighted by molar-refractivity contribution is 5.79. The summed E-state index contributed by atoms with van der Waals surface area (Å²) in [5, 5.41) is 7.19. The second-order valence-corrected chi connectivity index (χ2v) is 2.88. The Hall–Kier alpha value is -1.11. The van der Waals surface area contributed by atoms with Crippen LogP contribution in [0.15, 0.2) is 18.2 Å². The second-order valence-electron chi connectivity index (χ2n) is 2.88. The van der Waals surface area contributed by atoms with Gasteiger partial charge in [0, 0.05) is 6.21 Å². The van der Waals surface area contributed by atoms with Gasteiger partial charge in [-0.2, -0.15) is 0 Å². The molecule has 0 fully saturated rings. The molecule has 0 atom stereocenters. The Labute approximate surface area is 73.9 Å². The predicted octanol–water partition coefficient (Wildman–Crippen LogP) is 2.81. The molecule has 0 aliphatic carbocycles.